The molecule has 0 radical (unpaired) electrons. The van der Waals surface area contributed by atoms with E-state index >= 15 is 0 Å². The third kappa shape index (κ3) is 2.45. The van der Waals surface area contributed by atoms with Gasteiger partial charge in [0.15, 0.2) is 0 Å². The van der Waals surface area contributed by atoms with Gasteiger partial charge >= 0.3 is 0 Å². The van der Waals surface area contributed by atoms with Crippen LogP contribution in [0.4, 0.5) is 5.69 Å². The number of aromatic nitrogens is 2. The molecule has 6 heteroatoms. The van der Waals surface area contributed by atoms with Crippen LogP contribution >= 0.6 is 0 Å². The number of nitrogens with zero attached hydrogens (tertiary/aromatic N) is 3. The molecule has 24 heavy (non-hydrogen) atoms. The fourth-order valence-electron chi connectivity index (χ4n) is 3.05. The molecule has 0 aliphatic rings. The van der Waals surface area contributed by atoms with Crippen molar-refractivity contribution >= 4 is 22.1 Å². The van der Waals surface area contributed by atoms with Gasteiger partial charge in [0.25, 0.3) is 11.3 Å². The van der Waals surface area contributed by atoms with E-state index in [1.54, 1.807) is 18.2 Å². The number of fused-ring (bicyclic) bond motifs is 2. The molecule has 0 atom stereocenters. The van der Waals surface area contributed by atoms with Crippen LogP contribution in [0, 0.1) is 10.1 Å². The highest BCUT2D eigenvalue weighted by Gasteiger charge is 2.20. The van der Waals surface area contributed by atoms with Gasteiger partial charge in [-0.15, -0.1) is 0 Å². The minimum absolute atomic E-state index is 0. The molecule has 0 saturated heterocycles. The van der Waals surface area contributed by atoms with E-state index in [2.05, 4.69) is 4.40 Å². The maximum Gasteiger partial charge on any atom is 0.294 e. The van der Waals surface area contributed by atoms with Crippen LogP contribution in [-0.4, -0.2) is 9.32 Å². The predicted octanol–water partition coefficient (Wildman–Crippen LogP) is 0.496. The summed E-state index contributed by atoms with van der Waals surface area (Å²) >= 11 is 0. The summed E-state index contributed by atoms with van der Waals surface area (Å²) in [6.45, 7) is 0. The summed E-state index contributed by atoms with van der Waals surface area (Å²) in [7, 11) is 1.98. The molecule has 0 amide bonds. The number of aryl methyl sites for hydroxylation is 1. The molecule has 2 heterocycles. The van der Waals surface area contributed by atoms with Gasteiger partial charge in [-0.1, -0.05) is 30.3 Å². The van der Waals surface area contributed by atoms with Crippen LogP contribution < -0.4 is 21.5 Å². The number of hydrogen-bond acceptors (Lipinski definition) is 2. The largest absolute Gasteiger partial charge is 1.00 e. The zero-order valence-electron chi connectivity index (χ0n) is 12.9. The molecule has 0 N–H and O–H groups in total. The lowest BCUT2D eigenvalue weighted by atomic mass is 9.99. The third-order valence-corrected chi connectivity index (χ3v) is 4.11. The summed E-state index contributed by atoms with van der Waals surface area (Å²) in [6, 6.07) is 15.0. The van der Waals surface area contributed by atoms with Crippen molar-refractivity contribution in [2.75, 3.05) is 0 Å². The number of non-ortho nitro benzene ring substituents is 1. The SMILES string of the molecule is C[n+]1ccn2cc3ccc([N+](=O)[O-])cc3c(-c3ccccc3)c21.[Br-]. The second-order valence-electron chi connectivity index (χ2n) is 5.54. The molecule has 0 spiro atoms. The molecule has 0 aliphatic carbocycles. The minimum atomic E-state index is -0.351. The molecule has 0 aliphatic heterocycles. The van der Waals surface area contributed by atoms with E-state index in [-0.39, 0.29) is 27.6 Å². The Kier molecular flexibility index (Phi) is 4.07. The van der Waals surface area contributed by atoms with Gasteiger partial charge in [-0.3, -0.25) is 10.1 Å². The Balaban J connectivity index is 0.00000169. The average Bonchev–Trinajstić information content (AvgIpc) is 2.94. The summed E-state index contributed by atoms with van der Waals surface area (Å²) in [5, 5.41) is 13.0. The number of nitro groups is 1. The topological polar surface area (TPSA) is 51.4 Å². The van der Waals surface area contributed by atoms with Crippen LogP contribution in [0.1, 0.15) is 0 Å². The van der Waals surface area contributed by atoms with Crippen molar-refractivity contribution in [3.63, 3.8) is 0 Å². The maximum atomic E-state index is 11.2. The molecule has 2 aromatic heterocycles. The van der Waals surface area contributed by atoms with Crippen molar-refractivity contribution in [3.8, 4) is 11.1 Å². The quantitative estimate of drug-likeness (QED) is 0.287. The lowest BCUT2D eigenvalue weighted by Gasteiger charge is -2.07. The summed E-state index contributed by atoms with van der Waals surface area (Å²) in [5.74, 6) is 0. The fourth-order valence-corrected chi connectivity index (χ4v) is 3.05. The Morgan fingerprint density at radius 3 is 2.58 bits per heavy atom. The summed E-state index contributed by atoms with van der Waals surface area (Å²) in [5.41, 5.74) is 3.15. The number of hydrogen-bond donors (Lipinski definition) is 0. The average molecular weight is 384 g/mol. The van der Waals surface area contributed by atoms with Gasteiger partial charge in [0.2, 0.25) is 0 Å². The molecule has 0 fully saturated rings. The van der Waals surface area contributed by atoms with Crippen LogP contribution in [0.3, 0.4) is 0 Å². The molecule has 0 unspecified atom stereocenters. The Morgan fingerprint density at radius 2 is 1.88 bits per heavy atom. The first-order valence-corrected chi connectivity index (χ1v) is 7.28. The Morgan fingerprint density at radius 1 is 1.12 bits per heavy atom. The highest BCUT2D eigenvalue weighted by atomic mass is 79.9. The van der Waals surface area contributed by atoms with Crippen molar-refractivity contribution in [1.29, 1.82) is 0 Å². The smallest absolute Gasteiger partial charge is 0.294 e. The van der Waals surface area contributed by atoms with Crippen LogP contribution in [0.25, 0.3) is 27.5 Å². The first kappa shape index (κ1) is 16.1. The van der Waals surface area contributed by atoms with Crippen molar-refractivity contribution < 1.29 is 26.5 Å². The summed E-state index contributed by atoms with van der Waals surface area (Å²) in [4.78, 5) is 10.8. The van der Waals surface area contributed by atoms with Gasteiger partial charge < -0.3 is 17.0 Å². The maximum absolute atomic E-state index is 11.2. The molecule has 2 aromatic carbocycles. The van der Waals surface area contributed by atoms with Crippen molar-refractivity contribution in [2.24, 2.45) is 7.05 Å². The van der Waals surface area contributed by atoms with E-state index in [0.717, 1.165) is 27.5 Å². The molecule has 0 bridgehead atoms. The monoisotopic (exact) mass is 383 g/mol. The number of pyridine rings is 1. The van der Waals surface area contributed by atoms with Gasteiger partial charge in [-0.25, -0.2) is 8.97 Å². The standard InChI is InChI=1S/C18H14N3O2.BrH/c1-19-9-10-20-12-14-7-8-15(21(22)23)11-16(14)17(18(19)20)13-5-3-2-4-6-13;/h2-12H,1H3;1H/q+1;/p-1. The Hall–Kier alpha value is -2.73. The number of benzene rings is 2. The first-order valence-electron chi connectivity index (χ1n) is 7.28. The third-order valence-electron chi connectivity index (χ3n) is 4.11. The molecule has 0 saturated carbocycles. The highest BCUT2D eigenvalue weighted by molar-refractivity contribution is 6.02. The van der Waals surface area contributed by atoms with Crippen molar-refractivity contribution in [3.05, 3.63) is 77.2 Å². The van der Waals surface area contributed by atoms with Crippen LogP contribution in [-0.2, 0) is 7.05 Å². The lowest BCUT2D eigenvalue weighted by Crippen LogP contribution is -3.00. The van der Waals surface area contributed by atoms with Gasteiger partial charge in [0, 0.05) is 22.9 Å². The molecular weight excluding hydrogens is 370 g/mol. The van der Waals surface area contributed by atoms with E-state index in [1.165, 1.54) is 0 Å². The zero-order valence-corrected chi connectivity index (χ0v) is 14.5. The van der Waals surface area contributed by atoms with Gasteiger partial charge in [-0.05, 0) is 11.6 Å². The molecular formula is C18H14BrN3O2. The van der Waals surface area contributed by atoms with Crippen LogP contribution in [0.15, 0.2) is 67.1 Å². The fraction of sp³-hybridized carbons (Fsp3) is 0.0556. The molecule has 120 valence electrons. The Bertz CT molecular complexity index is 1060. The van der Waals surface area contributed by atoms with Crippen LogP contribution in [0.5, 0.6) is 0 Å². The predicted molar refractivity (Wildman–Crippen MR) is 88.2 cm³/mol. The number of imidazole rings is 1. The number of nitro benzene ring substituents is 1. The lowest BCUT2D eigenvalue weighted by molar-refractivity contribution is -0.644. The van der Waals surface area contributed by atoms with E-state index in [4.69, 9.17) is 0 Å². The minimum Gasteiger partial charge on any atom is -1.00 e. The van der Waals surface area contributed by atoms with Crippen molar-refractivity contribution in [2.45, 2.75) is 0 Å². The number of rotatable bonds is 2. The highest BCUT2D eigenvalue weighted by Crippen LogP contribution is 2.33. The van der Waals surface area contributed by atoms with E-state index in [1.807, 2.05) is 60.5 Å². The van der Waals surface area contributed by atoms with E-state index in [9.17, 15) is 10.1 Å². The summed E-state index contributed by atoms with van der Waals surface area (Å²) < 4.78 is 4.08. The first-order chi connectivity index (χ1) is 11.1. The molecule has 4 rings (SSSR count). The second-order valence-corrected chi connectivity index (χ2v) is 5.54. The van der Waals surface area contributed by atoms with Crippen molar-refractivity contribution in [1.82, 2.24) is 4.40 Å². The summed E-state index contributed by atoms with van der Waals surface area (Å²) in [6.07, 6.45) is 5.97. The normalized spacial score (nSPS) is 10.7. The van der Waals surface area contributed by atoms with Gasteiger partial charge in [0.05, 0.1) is 17.5 Å². The second kappa shape index (κ2) is 6.05. The van der Waals surface area contributed by atoms with Gasteiger partial charge in [0.1, 0.15) is 18.6 Å². The van der Waals surface area contributed by atoms with Crippen LogP contribution in [0.2, 0.25) is 0 Å². The molecule has 4 aromatic rings. The van der Waals surface area contributed by atoms with E-state index < -0.39 is 0 Å². The van der Waals surface area contributed by atoms with E-state index in [0.29, 0.717) is 0 Å². The zero-order chi connectivity index (χ0) is 16.0. The Labute approximate surface area is 148 Å². The number of halogens is 1. The molecule has 5 nitrogen and oxygen atoms in total. The van der Waals surface area contributed by atoms with Gasteiger partial charge in [-0.2, -0.15) is 0 Å².